The molecule has 0 amide bonds. The Morgan fingerprint density at radius 3 is 1.44 bits per heavy atom. The number of ketones is 2. The van der Waals surface area contributed by atoms with E-state index in [0.29, 0.717) is 25.9 Å². The summed E-state index contributed by atoms with van der Waals surface area (Å²) in [5.74, 6) is 0.530. The summed E-state index contributed by atoms with van der Waals surface area (Å²) in [5, 5.41) is 0. The molecule has 102 valence electrons. The molecule has 0 aliphatic carbocycles. The molecular weight excluding hydrogens is 228 g/mol. The molecule has 0 atom stereocenters. The Kier molecular flexibility index (Phi) is 8.97. The van der Waals surface area contributed by atoms with Crippen molar-refractivity contribution in [3.63, 3.8) is 0 Å². The number of rotatable bonds is 9. The highest BCUT2D eigenvalue weighted by molar-refractivity contribution is 5.93. The van der Waals surface area contributed by atoms with Gasteiger partial charge < -0.3 is 0 Å². The summed E-state index contributed by atoms with van der Waals surface area (Å²) < 4.78 is 0. The summed E-state index contributed by atoms with van der Waals surface area (Å²) in [6.45, 7) is 8.66. The van der Waals surface area contributed by atoms with E-state index >= 15 is 0 Å². The van der Waals surface area contributed by atoms with Crippen molar-refractivity contribution in [1.82, 2.24) is 0 Å². The first-order valence-corrected chi connectivity index (χ1v) is 6.47. The number of hydrogen-bond acceptors (Lipinski definition) is 4. The van der Waals surface area contributed by atoms with E-state index in [0.717, 1.165) is 0 Å². The van der Waals surface area contributed by atoms with Crippen LogP contribution >= 0.6 is 0 Å². The number of carbonyl (C=O) groups is 2. The molecule has 0 unspecified atom stereocenters. The second kappa shape index (κ2) is 9.68. The number of carbonyl (C=O) groups excluding carboxylic acids is 2. The predicted molar refractivity (Wildman–Crippen MR) is 75.6 cm³/mol. The molecule has 0 aliphatic rings. The third-order valence-corrected chi connectivity index (χ3v) is 2.49. The Hall–Kier alpha value is -1.32. The van der Waals surface area contributed by atoms with Crippen LogP contribution in [0.15, 0.2) is 9.98 Å². The number of Topliss-reactive ketones (excluding diaryl/α,β-unsaturated/α-hetero) is 2. The van der Waals surface area contributed by atoms with Crippen LogP contribution in [0.25, 0.3) is 0 Å². The molecule has 4 nitrogen and oxygen atoms in total. The smallest absolute Gasteiger partial charge is 0.140 e. The zero-order chi connectivity index (χ0) is 14.0. The zero-order valence-corrected chi connectivity index (χ0v) is 11.8. The van der Waals surface area contributed by atoms with Crippen molar-refractivity contribution in [3.05, 3.63) is 0 Å². The van der Waals surface area contributed by atoms with Crippen molar-refractivity contribution in [2.45, 2.75) is 40.5 Å². The molecule has 18 heavy (non-hydrogen) atoms. The molecule has 0 spiro atoms. The van der Waals surface area contributed by atoms with E-state index < -0.39 is 0 Å². The van der Waals surface area contributed by atoms with Crippen molar-refractivity contribution in [3.8, 4) is 0 Å². The monoisotopic (exact) mass is 252 g/mol. The van der Waals surface area contributed by atoms with Crippen LogP contribution < -0.4 is 0 Å². The third-order valence-electron chi connectivity index (χ3n) is 2.49. The summed E-state index contributed by atoms with van der Waals surface area (Å²) >= 11 is 0. The van der Waals surface area contributed by atoms with Gasteiger partial charge in [-0.3, -0.25) is 19.6 Å². The van der Waals surface area contributed by atoms with Crippen LogP contribution in [0, 0.1) is 11.8 Å². The van der Waals surface area contributed by atoms with Gasteiger partial charge in [-0.2, -0.15) is 0 Å². The lowest BCUT2D eigenvalue weighted by Crippen LogP contribution is -2.07. The SMILES string of the molecule is CC(C)C(=O)CC=NCCN=CCC(=O)C(C)C. The summed E-state index contributed by atoms with van der Waals surface area (Å²) in [7, 11) is 0. The lowest BCUT2D eigenvalue weighted by atomic mass is 10.1. The van der Waals surface area contributed by atoms with Crippen LogP contribution in [0.2, 0.25) is 0 Å². The summed E-state index contributed by atoms with van der Waals surface area (Å²) in [5.41, 5.74) is 0. The first kappa shape index (κ1) is 16.7. The molecule has 0 bridgehead atoms. The van der Waals surface area contributed by atoms with Crippen LogP contribution in [0.5, 0.6) is 0 Å². The number of hydrogen-bond donors (Lipinski definition) is 0. The van der Waals surface area contributed by atoms with Crippen molar-refractivity contribution >= 4 is 24.0 Å². The molecule has 0 saturated carbocycles. The predicted octanol–water partition coefficient (Wildman–Crippen LogP) is 2.36. The fourth-order valence-corrected chi connectivity index (χ4v) is 1.08. The van der Waals surface area contributed by atoms with Gasteiger partial charge in [0.05, 0.1) is 13.1 Å². The summed E-state index contributed by atoms with van der Waals surface area (Å²) in [6, 6.07) is 0. The van der Waals surface area contributed by atoms with Gasteiger partial charge in [-0.05, 0) is 0 Å². The largest absolute Gasteiger partial charge is 0.299 e. The van der Waals surface area contributed by atoms with Crippen LogP contribution in [-0.4, -0.2) is 37.1 Å². The van der Waals surface area contributed by atoms with Gasteiger partial charge in [0.25, 0.3) is 0 Å². The molecule has 0 radical (unpaired) electrons. The molecule has 4 heteroatoms. The maximum absolute atomic E-state index is 11.3. The van der Waals surface area contributed by atoms with E-state index in [1.165, 1.54) is 0 Å². The molecule has 0 saturated heterocycles. The first-order chi connectivity index (χ1) is 8.45. The van der Waals surface area contributed by atoms with Crippen LogP contribution in [0.3, 0.4) is 0 Å². The van der Waals surface area contributed by atoms with Gasteiger partial charge in [-0.25, -0.2) is 0 Å². The van der Waals surface area contributed by atoms with Crippen molar-refractivity contribution in [2.75, 3.05) is 13.1 Å². The highest BCUT2D eigenvalue weighted by Gasteiger charge is 2.04. The van der Waals surface area contributed by atoms with E-state index in [-0.39, 0.29) is 23.4 Å². The standard InChI is InChI=1S/C14H24N2O2/c1-11(2)13(17)5-7-15-9-10-16-8-6-14(18)12(3)4/h7-8,11-12H,5-6,9-10H2,1-4H3. The quantitative estimate of drug-likeness (QED) is 0.467. The van der Waals surface area contributed by atoms with Gasteiger partial charge in [0.15, 0.2) is 0 Å². The van der Waals surface area contributed by atoms with Crippen LogP contribution in [0.1, 0.15) is 40.5 Å². The van der Waals surface area contributed by atoms with Crippen molar-refractivity contribution < 1.29 is 9.59 Å². The third kappa shape index (κ3) is 8.79. The van der Waals surface area contributed by atoms with E-state index in [9.17, 15) is 9.59 Å². The average molecular weight is 252 g/mol. The summed E-state index contributed by atoms with van der Waals surface area (Å²) in [4.78, 5) is 30.7. The molecule has 0 N–H and O–H groups in total. The highest BCUT2D eigenvalue weighted by Crippen LogP contribution is 1.97. The Labute approximate surface area is 110 Å². The lowest BCUT2D eigenvalue weighted by Gasteiger charge is -1.99. The van der Waals surface area contributed by atoms with E-state index in [2.05, 4.69) is 9.98 Å². The second-order valence-corrected chi connectivity index (χ2v) is 4.83. The van der Waals surface area contributed by atoms with Crippen molar-refractivity contribution in [1.29, 1.82) is 0 Å². The van der Waals surface area contributed by atoms with E-state index in [1.54, 1.807) is 12.4 Å². The minimum Gasteiger partial charge on any atom is -0.299 e. The van der Waals surface area contributed by atoms with Gasteiger partial charge in [0.1, 0.15) is 11.6 Å². The Morgan fingerprint density at radius 1 is 0.833 bits per heavy atom. The molecule has 0 rings (SSSR count). The Balaban J connectivity index is 3.62. The molecule has 0 heterocycles. The molecule has 0 aromatic heterocycles. The van der Waals surface area contributed by atoms with E-state index in [1.807, 2.05) is 27.7 Å². The maximum Gasteiger partial charge on any atom is 0.140 e. The van der Waals surface area contributed by atoms with Gasteiger partial charge in [0, 0.05) is 37.1 Å². The Bertz CT molecular complexity index is 286. The minimum absolute atomic E-state index is 0.0662. The fraction of sp³-hybridized carbons (Fsp3) is 0.714. The van der Waals surface area contributed by atoms with Gasteiger partial charge in [0.2, 0.25) is 0 Å². The minimum atomic E-state index is 0.0662. The first-order valence-electron chi connectivity index (χ1n) is 6.47. The topological polar surface area (TPSA) is 58.9 Å². The second-order valence-electron chi connectivity index (χ2n) is 4.83. The number of nitrogens with zero attached hydrogens (tertiary/aromatic N) is 2. The number of aliphatic imine (C=N–C) groups is 2. The summed E-state index contributed by atoms with van der Waals surface area (Å²) in [6.07, 6.45) is 4.09. The fourth-order valence-electron chi connectivity index (χ4n) is 1.08. The normalized spacial score (nSPS) is 12.1. The lowest BCUT2D eigenvalue weighted by molar-refractivity contribution is -0.121. The molecule has 0 fully saturated rings. The maximum atomic E-state index is 11.3. The molecule has 0 aromatic rings. The molecular formula is C14H24N2O2. The zero-order valence-electron chi connectivity index (χ0n) is 11.8. The van der Waals surface area contributed by atoms with Crippen molar-refractivity contribution in [2.24, 2.45) is 21.8 Å². The Morgan fingerprint density at radius 2 is 1.17 bits per heavy atom. The molecule has 0 aromatic carbocycles. The van der Waals surface area contributed by atoms with Crippen LogP contribution in [-0.2, 0) is 9.59 Å². The van der Waals surface area contributed by atoms with E-state index in [4.69, 9.17) is 0 Å². The molecule has 0 aliphatic heterocycles. The average Bonchev–Trinajstić information content (AvgIpc) is 2.31. The van der Waals surface area contributed by atoms with Gasteiger partial charge in [-0.15, -0.1) is 0 Å². The van der Waals surface area contributed by atoms with Gasteiger partial charge >= 0.3 is 0 Å². The van der Waals surface area contributed by atoms with Crippen LogP contribution in [0.4, 0.5) is 0 Å². The van der Waals surface area contributed by atoms with Gasteiger partial charge in [-0.1, -0.05) is 27.7 Å². The highest BCUT2D eigenvalue weighted by atomic mass is 16.1.